The van der Waals surface area contributed by atoms with Crippen LogP contribution in [0.25, 0.3) is 0 Å². The zero-order valence-electron chi connectivity index (χ0n) is 9.94. The van der Waals surface area contributed by atoms with Crippen molar-refractivity contribution in [1.29, 1.82) is 0 Å². The fourth-order valence-corrected chi connectivity index (χ4v) is 1.81. The molecule has 1 saturated heterocycles. The number of nitrogens with zero attached hydrogens (tertiary/aromatic N) is 2. The first-order valence-corrected chi connectivity index (χ1v) is 5.72. The van der Waals surface area contributed by atoms with Crippen LogP contribution in [-0.4, -0.2) is 40.4 Å². The lowest BCUT2D eigenvalue weighted by molar-refractivity contribution is -0.0543. The molecule has 1 aromatic rings. The van der Waals surface area contributed by atoms with E-state index < -0.39 is 5.60 Å². The molecular formula is C11H18N4O2. The highest BCUT2D eigenvalue weighted by atomic mass is 16.5. The monoisotopic (exact) mass is 238 g/mol. The Bertz CT molecular complexity index is 391. The molecule has 0 saturated carbocycles. The smallest absolute Gasteiger partial charge is 0.221 e. The van der Waals surface area contributed by atoms with Crippen LogP contribution >= 0.6 is 0 Å². The fourth-order valence-electron chi connectivity index (χ4n) is 1.81. The molecule has 2 heterocycles. The molecule has 0 aromatic carbocycles. The highest BCUT2D eigenvalue weighted by Gasteiger charge is 2.29. The minimum atomic E-state index is -0.718. The van der Waals surface area contributed by atoms with Gasteiger partial charge in [-0.05, 0) is 6.92 Å². The van der Waals surface area contributed by atoms with Gasteiger partial charge in [-0.3, -0.25) is 0 Å². The molecule has 94 valence electrons. The predicted octanol–water partition coefficient (Wildman–Crippen LogP) is 0.321. The summed E-state index contributed by atoms with van der Waals surface area (Å²) in [5.74, 6) is 0.912. The number of ether oxygens (including phenoxy) is 1. The molecule has 0 aliphatic carbocycles. The summed E-state index contributed by atoms with van der Waals surface area (Å²) < 4.78 is 5.23. The van der Waals surface area contributed by atoms with E-state index in [0.717, 1.165) is 5.56 Å². The summed E-state index contributed by atoms with van der Waals surface area (Å²) in [6.07, 6.45) is 2.94. The molecule has 0 unspecified atom stereocenters. The van der Waals surface area contributed by atoms with Crippen molar-refractivity contribution in [2.24, 2.45) is 0 Å². The lowest BCUT2D eigenvalue weighted by atomic mass is 9.94. The number of aromatic nitrogens is 2. The molecular weight excluding hydrogens is 220 g/mol. The fraction of sp³-hybridized carbons (Fsp3) is 0.636. The molecule has 0 spiro atoms. The van der Waals surface area contributed by atoms with Gasteiger partial charge in [0.2, 0.25) is 5.95 Å². The molecule has 1 fully saturated rings. The maximum absolute atomic E-state index is 10.3. The van der Waals surface area contributed by atoms with E-state index in [0.29, 0.717) is 38.4 Å². The molecule has 6 heteroatoms. The summed E-state index contributed by atoms with van der Waals surface area (Å²) in [6.45, 7) is 3.55. The van der Waals surface area contributed by atoms with Crippen LogP contribution in [-0.2, 0) is 4.74 Å². The molecule has 6 nitrogen and oxygen atoms in total. The minimum Gasteiger partial charge on any atom is -0.388 e. The van der Waals surface area contributed by atoms with Gasteiger partial charge in [-0.2, -0.15) is 4.98 Å². The first-order valence-electron chi connectivity index (χ1n) is 5.72. The maximum atomic E-state index is 10.3. The van der Waals surface area contributed by atoms with Crippen LogP contribution in [0.2, 0.25) is 0 Å². The third-order valence-corrected chi connectivity index (χ3v) is 3.00. The van der Waals surface area contributed by atoms with E-state index in [1.54, 1.807) is 6.20 Å². The van der Waals surface area contributed by atoms with Crippen LogP contribution in [0.1, 0.15) is 18.4 Å². The third kappa shape index (κ3) is 3.04. The Morgan fingerprint density at radius 2 is 2.24 bits per heavy atom. The molecule has 0 atom stereocenters. The number of nitrogen functional groups attached to an aromatic ring is 1. The van der Waals surface area contributed by atoms with Crippen molar-refractivity contribution < 1.29 is 9.84 Å². The van der Waals surface area contributed by atoms with Crippen LogP contribution in [0.4, 0.5) is 11.8 Å². The summed E-state index contributed by atoms with van der Waals surface area (Å²) >= 11 is 0. The van der Waals surface area contributed by atoms with E-state index in [1.165, 1.54) is 0 Å². The Hall–Kier alpha value is -1.40. The lowest BCUT2D eigenvalue weighted by Gasteiger charge is -2.32. The summed E-state index contributed by atoms with van der Waals surface area (Å²) in [5, 5.41) is 13.4. The average Bonchev–Trinajstić information content (AvgIpc) is 2.31. The molecule has 4 N–H and O–H groups in total. The summed E-state index contributed by atoms with van der Waals surface area (Å²) in [5.41, 5.74) is 5.72. The molecule has 1 aromatic heterocycles. The van der Waals surface area contributed by atoms with Crippen LogP contribution in [0.15, 0.2) is 6.20 Å². The molecule has 0 radical (unpaired) electrons. The molecule has 2 rings (SSSR count). The van der Waals surface area contributed by atoms with Crippen molar-refractivity contribution in [3.05, 3.63) is 11.8 Å². The van der Waals surface area contributed by atoms with Gasteiger partial charge in [0.05, 0.1) is 5.60 Å². The number of anilines is 2. The summed E-state index contributed by atoms with van der Waals surface area (Å²) in [6, 6.07) is 0. The zero-order chi connectivity index (χ0) is 12.3. The van der Waals surface area contributed by atoms with Gasteiger partial charge in [0.15, 0.2) is 0 Å². The van der Waals surface area contributed by atoms with Crippen molar-refractivity contribution in [3.8, 4) is 0 Å². The van der Waals surface area contributed by atoms with Gasteiger partial charge in [0.1, 0.15) is 5.82 Å². The molecule has 0 bridgehead atoms. The Labute approximate surface area is 100 Å². The van der Waals surface area contributed by atoms with E-state index in [1.807, 2.05) is 6.92 Å². The number of aliphatic hydroxyl groups is 1. The summed E-state index contributed by atoms with van der Waals surface area (Å²) in [7, 11) is 0. The highest BCUT2D eigenvalue weighted by molar-refractivity contribution is 5.45. The molecule has 1 aliphatic rings. The van der Waals surface area contributed by atoms with Crippen LogP contribution in [0.3, 0.4) is 0 Å². The number of hydrogen-bond donors (Lipinski definition) is 3. The van der Waals surface area contributed by atoms with E-state index in [9.17, 15) is 5.11 Å². The summed E-state index contributed by atoms with van der Waals surface area (Å²) in [4.78, 5) is 8.00. The average molecular weight is 238 g/mol. The van der Waals surface area contributed by atoms with Gasteiger partial charge < -0.3 is 20.9 Å². The highest BCUT2D eigenvalue weighted by Crippen LogP contribution is 2.21. The SMILES string of the molecule is Cc1cnc(N)nc1NCC1(O)CCOCC1. The third-order valence-electron chi connectivity index (χ3n) is 3.00. The van der Waals surface area contributed by atoms with E-state index in [2.05, 4.69) is 15.3 Å². The van der Waals surface area contributed by atoms with Crippen molar-refractivity contribution in [2.75, 3.05) is 30.8 Å². The minimum absolute atomic E-state index is 0.233. The van der Waals surface area contributed by atoms with Gasteiger partial charge in [-0.25, -0.2) is 4.98 Å². The quantitative estimate of drug-likeness (QED) is 0.702. The van der Waals surface area contributed by atoms with E-state index in [-0.39, 0.29) is 5.95 Å². The van der Waals surface area contributed by atoms with Crippen LogP contribution < -0.4 is 11.1 Å². The van der Waals surface area contributed by atoms with Gasteiger partial charge in [-0.1, -0.05) is 0 Å². The normalized spacial score (nSPS) is 18.9. The lowest BCUT2D eigenvalue weighted by Crippen LogP contribution is -2.42. The van der Waals surface area contributed by atoms with Gasteiger partial charge in [0.25, 0.3) is 0 Å². The second-order valence-corrected chi connectivity index (χ2v) is 4.45. The number of hydrogen-bond acceptors (Lipinski definition) is 6. The van der Waals surface area contributed by atoms with Crippen molar-refractivity contribution >= 4 is 11.8 Å². The van der Waals surface area contributed by atoms with Gasteiger partial charge in [-0.15, -0.1) is 0 Å². The first-order chi connectivity index (χ1) is 8.09. The van der Waals surface area contributed by atoms with Crippen molar-refractivity contribution in [1.82, 2.24) is 9.97 Å². The second kappa shape index (κ2) is 4.85. The van der Waals surface area contributed by atoms with Gasteiger partial charge >= 0.3 is 0 Å². The van der Waals surface area contributed by atoms with E-state index in [4.69, 9.17) is 10.5 Å². The molecule has 17 heavy (non-hydrogen) atoms. The van der Waals surface area contributed by atoms with Crippen molar-refractivity contribution in [3.63, 3.8) is 0 Å². The van der Waals surface area contributed by atoms with Crippen LogP contribution in [0.5, 0.6) is 0 Å². The number of nitrogens with one attached hydrogen (secondary N) is 1. The first kappa shape index (κ1) is 12.1. The van der Waals surface area contributed by atoms with Crippen molar-refractivity contribution in [2.45, 2.75) is 25.4 Å². The predicted molar refractivity (Wildman–Crippen MR) is 64.7 cm³/mol. The Kier molecular flexibility index (Phi) is 3.44. The standard InChI is InChI=1S/C11H18N4O2/c1-8-6-13-10(12)15-9(8)14-7-11(16)2-4-17-5-3-11/h6,16H,2-5,7H2,1H3,(H3,12,13,14,15). The zero-order valence-corrected chi connectivity index (χ0v) is 9.94. The Morgan fingerprint density at radius 1 is 1.53 bits per heavy atom. The number of rotatable bonds is 3. The second-order valence-electron chi connectivity index (χ2n) is 4.45. The largest absolute Gasteiger partial charge is 0.388 e. The number of aryl methyl sites for hydroxylation is 1. The molecule has 0 amide bonds. The van der Waals surface area contributed by atoms with Crippen LogP contribution in [0, 0.1) is 6.92 Å². The Morgan fingerprint density at radius 3 is 2.94 bits per heavy atom. The maximum Gasteiger partial charge on any atom is 0.221 e. The van der Waals surface area contributed by atoms with Gasteiger partial charge in [0, 0.05) is 44.4 Å². The topological polar surface area (TPSA) is 93.3 Å². The van der Waals surface area contributed by atoms with E-state index >= 15 is 0 Å². The molecule has 1 aliphatic heterocycles. The number of nitrogens with two attached hydrogens (primary N) is 1. The Balaban J connectivity index is 1.99.